The molecule has 0 saturated heterocycles. The maximum Gasteiger partial charge on any atom is 0.253 e. The van der Waals surface area contributed by atoms with Crippen LogP contribution in [0.1, 0.15) is 30.6 Å². The summed E-state index contributed by atoms with van der Waals surface area (Å²) in [6.45, 7) is 5.78. The van der Waals surface area contributed by atoms with Gasteiger partial charge in [0.2, 0.25) is 0 Å². The minimum atomic E-state index is 0.0736. The molecule has 1 rings (SSSR count). The van der Waals surface area contributed by atoms with E-state index in [4.69, 9.17) is 0 Å². The number of rotatable bonds is 5. The quantitative estimate of drug-likeness (QED) is 0.827. The molecule has 1 aromatic rings. The molecular formula is C13H20N2O. The van der Waals surface area contributed by atoms with Gasteiger partial charge in [-0.2, -0.15) is 0 Å². The molecule has 0 aliphatic carbocycles. The summed E-state index contributed by atoms with van der Waals surface area (Å²) in [6, 6.07) is 7.64. The minimum absolute atomic E-state index is 0.0736. The van der Waals surface area contributed by atoms with Crippen LogP contribution in [-0.2, 0) is 0 Å². The molecule has 3 heteroatoms. The summed E-state index contributed by atoms with van der Waals surface area (Å²) in [4.78, 5) is 13.5. The van der Waals surface area contributed by atoms with Gasteiger partial charge in [0.15, 0.2) is 0 Å². The van der Waals surface area contributed by atoms with Gasteiger partial charge in [-0.25, -0.2) is 0 Å². The lowest BCUT2D eigenvalue weighted by atomic mass is 10.2. The standard InChI is InChI=1S/C13H20N2O/c1-4-10-14-12-8-6-11(7-9-12)13(16)15(3)5-2/h6-9,14H,4-5,10H2,1-3H3. The highest BCUT2D eigenvalue weighted by atomic mass is 16.2. The Morgan fingerprint density at radius 3 is 2.38 bits per heavy atom. The molecular weight excluding hydrogens is 200 g/mol. The first-order valence-electron chi connectivity index (χ1n) is 5.78. The molecule has 1 amide bonds. The van der Waals surface area contributed by atoms with Crippen molar-refractivity contribution in [2.24, 2.45) is 0 Å². The summed E-state index contributed by atoms with van der Waals surface area (Å²) in [5.74, 6) is 0.0736. The van der Waals surface area contributed by atoms with Crippen LogP contribution in [0.3, 0.4) is 0 Å². The van der Waals surface area contributed by atoms with Crippen molar-refractivity contribution in [3.05, 3.63) is 29.8 Å². The predicted molar refractivity (Wildman–Crippen MR) is 67.9 cm³/mol. The smallest absolute Gasteiger partial charge is 0.253 e. The fourth-order valence-electron chi connectivity index (χ4n) is 1.36. The van der Waals surface area contributed by atoms with Gasteiger partial charge in [-0.05, 0) is 37.6 Å². The molecule has 0 heterocycles. The number of anilines is 1. The Labute approximate surface area is 97.5 Å². The van der Waals surface area contributed by atoms with Gasteiger partial charge in [-0.3, -0.25) is 4.79 Å². The number of amides is 1. The minimum Gasteiger partial charge on any atom is -0.385 e. The van der Waals surface area contributed by atoms with Gasteiger partial charge in [-0.15, -0.1) is 0 Å². The number of nitrogens with one attached hydrogen (secondary N) is 1. The lowest BCUT2D eigenvalue weighted by Gasteiger charge is -2.14. The van der Waals surface area contributed by atoms with E-state index in [9.17, 15) is 4.79 Å². The summed E-state index contributed by atoms with van der Waals surface area (Å²) >= 11 is 0. The van der Waals surface area contributed by atoms with Crippen molar-refractivity contribution < 1.29 is 4.79 Å². The lowest BCUT2D eigenvalue weighted by molar-refractivity contribution is 0.0802. The van der Waals surface area contributed by atoms with E-state index >= 15 is 0 Å². The number of hydrogen-bond acceptors (Lipinski definition) is 2. The topological polar surface area (TPSA) is 32.3 Å². The average Bonchev–Trinajstić information content (AvgIpc) is 2.35. The zero-order chi connectivity index (χ0) is 12.0. The summed E-state index contributed by atoms with van der Waals surface area (Å²) < 4.78 is 0. The highest BCUT2D eigenvalue weighted by Crippen LogP contribution is 2.11. The van der Waals surface area contributed by atoms with Crippen LogP contribution in [-0.4, -0.2) is 30.9 Å². The van der Waals surface area contributed by atoms with E-state index in [1.54, 1.807) is 4.90 Å². The van der Waals surface area contributed by atoms with Crippen LogP contribution < -0.4 is 5.32 Å². The second kappa shape index (κ2) is 6.16. The van der Waals surface area contributed by atoms with Crippen molar-refractivity contribution >= 4 is 11.6 Å². The van der Waals surface area contributed by atoms with E-state index < -0.39 is 0 Å². The van der Waals surface area contributed by atoms with E-state index in [0.29, 0.717) is 0 Å². The molecule has 3 nitrogen and oxygen atoms in total. The molecule has 0 radical (unpaired) electrons. The molecule has 1 N–H and O–H groups in total. The van der Waals surface area contributed by atoms with E-state index in [1.165, 1.54) is 0 Å². The van der Waals surface area contributed by atoms with Crippen LogP contribution in [0.2, 0.25) is 0 Å². The Bertz CT molecular complexity index is 332. The van der Waals surface area contributed by atoms with Crippen molar-refractivity contribution in [1.82, 2.24) is 4.90 Å². The highest BCUT2D eigenvalue weighted by molar-refractivity contribution is 5.94. The van der Waals surface area contributed by atoms with Crippen LogP contribution in [0, 0.1) is 0 Å². The maximum atomic E-state index is 11.8. The Morgan fingerprint density at radius 1 is 1.25 bits per heavy atom. The van der Waals surface area contributed by atoms with E-state index in [0.717, 1.165) is 30.8 Å². The third kappa shape index (κ3) is 3.26. The second-order valence-electron chi connectivity index (χ2n) is 3.82. The van der Waals surface area contributed by atoms with Crippen LogP contribution >= 0.6 is 0 Å². The Morgan fingerprint density at radius 2 is 1.88 bits per heavy atom. The van der Waals surface area contributed by atoms with E-state index in [2.05, 4.69) is 12.2 Å². The van der Waals surface area contributed by atoms with Crippen LogP contribution in [0.15, 0.2) is 24.3 Å². The van der Waals surface area contributed by atoms with Gasteiger partial charge in [0.1, 0.15) is 0 Å². The summed E-state index contributed by atoms with van der Waals surface area (Å²) in [6.07, 6.45) is 1.10. The number of carbonyl (C=O) groups excluding carboxylic acids is 1. The van der Waals surface area contributed by atoms with Crippen molar-refractivity contribution in [2.75, 3.05) is 25.5 Å². The average molecular weight is 220 g/mol. The van der Waals surface area contributed by atoms with Gasteiger partial charge in [0.25, 0.3) is 5.91 Å². The molecule has 0 fully saturated rings. The summed E-state index contributed by atoms with van der Waals surface area (Å²) in [5, 5.41) is 3.28. The third-order valence-electron chi connectivity index (χ3n) is 2.53. The molecule has 0 saturated carbocycles. The van der Waals surface area contributed by atoms with Crippen LogP contribution in [0.5, 0.6) is 0 Å². The Kier molecular flexibility index (Phi) is 4.83. The molecule has 88 valence electrons. The second-order valence-corrected chi connectivity index (χ2v) is 3.82. The molecule has 16 heavy (non-hydrogen) atoms. The Hall–Kier alpha value is -1.51. The van der Waals surface area contributed by atoms with Crippen molar-refractivity contribution in [1.29, 1.82) is 0 Å². The van der Waals surface area contributed by atoms with Crippen LogP contribution in [0.25, 0.3) is 0 Å². The Balaban J connectivity index is 2.67. The fourth-order valence-corrected chi connectivity index (χ4v) is 1.36. The summed E-state index contributed by atoms with van der Waals surface area (Å²) in [5.41, 5.74) is 1.81. The zero-order valence-electron chi connectivity index (χ0n) is 10.3. The van der Waals surface area contributed by atoms with Gasteiger partial charge in [0.05, 0.1) is 0 Å². The SMILES string of the molecule is CCCNc1ccc(C(=O)N(C)CC)cc1. The fraction of sp³-hybridized carbons (Fsp3) is 0.462. The molecule has 0 spiro atoms. The summed E-state index contributed by atoms with van der Waals surface area (Å²) in [7, 11) is 1.81. The first-order chi connectivity index (χ1) is 7.69. The maximum absolute atomic E-state index is 11.8. The number of benzene rings is 1. The number of nitrogens with zero attached hydrogens (tertiary/aromatic N) is 1. The molecule has 0 aromatic heterocycles. The van der Waals surface area contributed by atoms with E-state index in [-0.39, 0.29) is 5.91 Å². The van der Waals surface area contributed by atoms with Gasteiger partial charge in [0, 0.05) is 31.4 Å². The van der Waals surface area contributed by atoms with Gasteiger partial charge >= 0.3 is 0 Å². The van der Waals surface area contributed by atoms with Gasteiger partial charge in [-0.1, -0.05) is 6.92 Å². The first-order valence-corrected chi connectivity index (χ1v) is 5.78. The largest absolute Gasteiger partial charge is 0.385 e. The zero-order valence-corrected chi connectivity index (χ0v) is 10.3. The normalized spacial score (nSPS) is 9.94. The molecule has 0 aliphatic rings. The molecule has 0 bridgehead atoms. The lowest BCUT2D eigenvalue weighted by Crippen LogP contribution is -2.26. The molecule has 1 aromatic carbocycles. The third-order valence-corrected chi connectivity index (χ3v) is 2.53. The highest BCUT2D eigenvalue weighted by Gasteiger charge is 2.08. The van der Waals surface area contributed by atoms with Crippen molar-refractivity contribution in [3.63, 3.8) is 0 Å². The van der Waals surface area contributed by atoms with Crippen LogP contribution in [0.4, 0.5) is 5.69 Å². The first kappa shape index (κ1) is 12.6. The number of hydrogen-bond donors (Lipinski definition) is 1. The van der Waals surface area contributed by atoms with Crippen molar-refractivity contribution in [2.45, 2.75) is 20.3 Å². The van der Waals surface area contributed by atoms with Crippen molar-refractivity contribution in [3.8, 4) is 0 Å². The molecule has 0 atom stereocenters. The molecule has 0 aliphatic heterocycles. The molecule has 0 unspecified atom stereocenters. The predicted octanol–water partition coefficient (Wildman–Crippen LogP) is 2.60. The monoisotopic (exact) mass is 220 g/mol. The number of carbonyl (C=O) groups is 1. The van der Waals surface area contributed by atoms with E-state index in [1.807, 2.05) is 38.2 Å². The van der Waals surface area contributed by atoms with Gasteiger partial charge < -0.3 is 10.2 Å².